The van der Waals surface area contributed by atoms with Crippen molar-refractivity contribution in [3.05, 3.63) is 42.1 Å². The molecule has 0 aliphatic heterocycles. The average Bonchev–Trinajstić information content (AvgIpc) is 2.51. The van der Waals surface area contributed by atoms with Crippen molar-refractivity contribution in [2.24, 2.45) is 0 Å². The zero-order valence-corrected chi connectivity index (χ0v) is 12.0. The van der Waals surface area contributed by atoms with Crippen LogP contribution in [0.15, 0.2) is 36.5 Å². The van der Waals surface area contributed by atoms with E-state index in [0.717, 1.165) is 47.0 Å². The molecule has 0 spiro atoms. The summed E-state index contributed by atoms with van der Waals surface area (Å²) in [5.41, 5.74) is 3.23. The minimum absolute atomic E-state index is 0.948. The van der Waals surface area contributed by atoms with E-state index >= 15 is 0 Å². The van der Waals surface area contributed by atoms with Gasteiger partial charge in [-0.05, 0) is 30.5 Å². The van der Waals surface area contributed by atoms with Gasteiger partial charge >= 0.3 is 0 Å². The molecule has 2 aromatic heterocycles. The molecular formula is C17H19N3. The van der Waals surface area contributed by atoms with Crippen LogP contribution in [0.25, 0.3) is 21.8 Å². The monoisotopic (exact) mass is 265 g/mol. The van der Waals surface area contributed by atoms with Gasteiger partial charge in [0.25, 0.3) is 0 Å². The lowest BCUT2D eigenvalue weighted by atomic mass is 10.1. The Bertz CT molecular complexity index is 750. The molecule has 0 saturated carbocycles. The fraction of sp³-hybridized carbons (Fsp3) is 0.294. The Morgan fingerprint density at radius 2 is 1.90 bits per heavy atom. The maximum atomic E-state index is 4.84. The summed E-state index contributed by atoms with van der Waals surface area (Å²) in [6.45, 7) is 5.28. The first-order valence-electron chi connectivity index (χ1n) is 7.24. The Labute approximate surface area is 119 Å². The van der Waals surface area contributed by atoms with Gasteiger partial charge in [0.1, 0.15) is 5.82 Å². The van der Waals surface area contributed by atoms with Crippen molar-refractivity contribution < 1.29 is 0 Å². The zero-order valence-electron chi connectivity index (χ0n) is 12.0. The fourth-order valence-electron chi connectivity index (χ4n) is 2.48. The lowest BCUT2D eigenvalue weighted by Gasteiger charge is -2.12. The van der Waals surface area contributed by atoms with Crippen LogP contribution >= 0.6 is 0 Å². The van der Waals surface area contributed by atoms with Crippen LogP contribution in [0.4, 0.5) is 5.82 Å². The Balaban J connectivity index is 2.25. The van der Waals surface area contributed by atoms with Gasteiger partial charge in [0, 0.05) is 23.5 Å². The highest BCUT2D eigenvalue weighted by molar-refractivity contribution is 6.03. The first-order chi connectivity index (χ1) is 9.83. The molecule has 2 heterocycles. The summed E-state index contributed by atoms with van der Waals surface area (Å²) < 4.78 is 0. The number of fused-ring (bicyclic) bond motifs is 3. The summed E-state index contributed by atoms with van der Waals surface area (Å²) in [7, 11) is 0. The summed E-state index contributed by atoms with van der Waals surface area (Å²) in [5.74, 6) is 1.00. The van der Waals surface area contributed by atoms with Gasteiger partial charge in [-0.2, -0.15) is 0 Å². The molecule has 0 saturated heterocycles. The van der Waals surface area contributed by atoms with Crippen LogP contribution in [0.5, 0.6) is 0 Å². The van der Waals surface area contributed by atoms with Gasteiger partial charge < -0.3 is 5.32 Å². The van der Waals surface area contributed by atoms with E-state index in [2.05, 4.69) is 48.4 Å². The van der Waals surface area contributed by atoms with E-state index in [9.17, 15) is 0 Å². The van der Waals surface area contributed by atoms with Gasteiger partial charge in [-0.25, -0.2) is 4.98 Å². The number of aromatic nitrogens is 2. The Kier molecular flexibility index (Phi) is 3.50. The number of nitrogens with zero attached hydrogens (tertiary/aromatic N) is 2. The third-order valence-electron chi connectivity index (χ3n) is 3.56. The van der Waals surface area contributed by atoms with Crippen molar-refractivity contribution in [2.75, 3.05) is 11.9 Å². The summed E-state index contributed by atoms with van der Waals surface area (Å²) in [6, 6.07) is 10.5. The van der Waals surface area contributed by atoms with Gasteiger partial charge in [0.05, 0.1) is 11.0 Å². The number of nitrogens with one attached hydrogen (secondary N) is 1. The van der Waals surface area contributed by atoms with E-state index in [0.29, 0.717) is 0 Å². The van der Waals surface area contributed by atoms with Crippen molar-refractivity contribution in [1.29, 1.82) is 0 Å². The molecule has 0 radical (unpaired) electrons. The van der Waals surface area contributed by atoms with E-state index in [1.165, 1.54) is 5.56 Å². The summed E-state index contributed by atoms with van der Waals surface area (Å²) in [5, 5.41) is 5.73. The third kappa shape index (κ3) is 2.20. The molecule has 3 aromatic rings. The first-order valence-corrected chi connectivity index (χ1v) is 7.24. The Morgan fingerprint density at radius 1 is 1.05 bits per heavy atom. The smallest absolute Gasteiger partial charge is 0.129 e. The van der Waals surface area contributed by atoms with E-state index in [-0.39, 0.29) is 0 Å². The summed E-state index contributed by atoms with van der Waals surface area (Å²) >= 11 is 0. The maximum absolute atomic E-state index is 4.84. The highest BCUT2D eigenvalue weighted by Gasteiger charge is 2.08. The Morgan fingerprint density at radius 3 is 2.70 bits per heavy atom. The second-order valence-electron chi connectivity index (χ2n) is 4.99. The van der Waals surface area contributed by atoms with Crippen LogP contribution in [0.1, 0.15) is 25.8 Å². The van der Waals surface area contributed by atoms with Crippen LogP contribution in [0.2, 0.25) is 0 Å². The topological polar surface area (TPSA) is 37.8 Å². The standard InChI is InChI=1S/C17H19N3/c1-3-9-19-17-12(4-2)11-14-8-7-13-6-5-10-18-15(13)16(14)20-17/h5-8,10-11H,3-4,9H2,1-2H3,(H,19,20). The predicted molar refractivity (Wildman–Crippen MR) is 85.2 cm³/mol. The van der Waals surface area contributed by atoms with Crippen molar-refractivity contribution >= 4 is 27.6 Å². The normalized spacial score (nSPS) is 11.1. The first kappa shape index (κ1) is 12.9. The van der Waals surface area contributed by atoms with Crippen LogP contribution in [0.3, 0.4) is 0 Å². The predicted octanol–water partition coefficient (Wildman–Crippen LogP) is 4.17. The molecular weight excluding hydrogens is 246 g/mol. The molecule has 0 atom stereocenters. The van der Waals surface area contributed by atoms with E-state index in [4.69, 9.17) is 4.98 Å². The lowest BCUT2D eigenvalue weighted by molar-refractivity contribution is 0.962. The molecule has 20 heavy (non-hydrogen) atoms. The molecule has 102 valence electrons. The fourth-order valence-corrected chi connectivity index (χ4v) is 2.48. The minimum Gasteiger partial charge on any atom is -0.370 e. The van der Waals surface area contributed by atoms with Gasteiger partial charge in [0.2, 0.25) is 0 Å². The number of pyridine rings is 2. The minimum atomic E-state index is 0.948. The number of benzene rings is 1. The molecule has 0 unspecified atom stereocenters. The molecule has 3 rings (SSSR count). The maximum Gasteiger partial charge on any atom is 0.129 e. The molecule has 0 aliphatic rings. The second-order valence-corrected chi connectivity index (χ2v) is 4.99. The van der Waals surface area contributed by atoms with Gasteiger partial charge in [-0.1, -0.05) is 32.0 Å². The van der Waals surface area contributed by atoms with Crippen molar-refractivity contribution in [3.63, 3.8) is 0 Å². The number of aryl methyl sites for hydroxylation is 1. The SMILES string of the molecule is CCCNc1nc2c(ccc3cccnc32)cc1CC. The quantitative estimate of drug-likeness (QED) is 0.719. The molecule has 0 fully saturated rings. The Hall–Kier alpha value is -2.16. The van der Waals surface area contributed by atoms with Crippen LogP contribution < -0.4 is 5.32 Å². The van der Waals surface area contributed by atoms with E-state index < -0.39 is 0 Å². The molecule has 3 nitrogen and oxygen atoms in total. The molecule has 1 N–H and O–H groups in total. The van der Waals surface area contributed by atoms with Crippen LogP contribution in [-0.4, -0.2) is 16.5 Å². The highest BCUT2D eigenvalue weighted by Crippen LogP contribution is 2.26. The van der Waals surface area contributed by atoms with E-state index in [1.807, 2.05) is 12.3 Å². The summed E-state index contributed by atoms with van der Waals surface area (Å²) in [4.78, 5) is 9.33. The lowest BCUT2D eigenvalue weighted by Crippen LogP contribution is -2.05. The largest absolute Gasteiger partial charge is 0.370 e. The van der Waals surface area contributed by atoms with Gasteiger partial charge in [-0.15, -0.1) is 0 Å². The van der Waals surface area contributed by atoms with Crippen LogP contribution in [0, 0.1) is 0 Å². The van der Waals surface area contributed by atoms with Crippen molar-refractivity contribution in [2.45, 2.75) is 26.7 Å². The summed E-state index contributed by atoms with van der Waals surface area (Å²) in [6.07, 6.45) is 3.90. The number of rotatable bonds is 4. The molecule has 0 aliphatic carbocycles. The number of anilines is 1. The van der Waals surface area contributed by atoms with Crippen molar-refractivity contribution in [3.8, 4) is 0 Å². The molecule has 1 aromatic carbocycles. The number of hydrogen-bond acceptors (Lipinski definition) is 3. The van der Waals surface area contributed by atoms with Crippen LogP contribution in [-0.2, 0) is 6.42 Å². The number of hydrogen-bond donors (Lipinski definition) is 1. The third-order valence-corrected chi connectivity index (χ3v) is 3.56. The average molecular weight is 265 g/mol. The zero-order chi connectivity index (χ0) is 13.9. The van der Waals surface area contributed by atoms with Crippen molar-refractivity contribution in [1.82, 2.24) is 9.97 Å². The highest BCUT2D eigenvalue weighted by atomic mass is 15.0. The molecule has 0 amide bonds. The molecule has 3 heteroatoms. The van der Waals surface area contributed by atoms with E-state index in [1.54, 1.807) is 0 Å². The molecule has 0 bridgehead atoms. The van der Waals surface area contributed by atoms with Gasteiger partial charge in [-0.3, -0.25) is 4.98 Å². The second kappa shape index (κ2) is 5.45. The van der Waals surface area contributed by atoms with Gasteiger partial charge in [0.15, 0.2) is 0 Å².